The van der Waals surface area contributed by atoms with Gasteiger partial charge in [0, 0.05) is 5.56 Å². The van der Waals surface area contributed by atoms with Gasteiger partial charge >= 0.3 is 5.97 Å². The Morgan fingerprint density at radius 2 is 2.05 bits per heavy atom. The van der Waals surface area contributed by atoms with Gasteiger partial charge in [0.25, 0.3) is 5.56 Å². The molecule has 0 unspecified atom stereocenters. The quantitative estimate of drug-likeness (QED) is 0.917. The van der Waals surface area contributed by atoms with Crippen molar-refractivity contribution in [2.45, 2.75) is 13.8 Å². The second-order valence-corrected chi connectivity index (χ2v) is 4.41. The average molecular weight is 299 g/mol. The van der Waals surface area contributed by atoms with Gasteiger partial charge in [-0.1, -0.05) is 0 Å². The van der Waals surface area contributed by atoms with Crippen molar-refractivity contribution in [3.8, 4) is 17.5 Å². The molecule has 0 aliphatic heterocycles. The number of nitriles is 1. The minimum atomic E-state index is -1.30. The van der Waals surface area contributed by atoms with Gasteiger partial charge in [-0.2, -0.15) is 15.0 Å². The fourth-order valence-electron chi connectivity index (χ4n) is 1.97. The van der Waals surface area contributed by atoms with Crippen LogP contribution in [-0.4, -0.2) is 27.5 Å². The lowest BCUT2D eigenvalue weighted by Gasteiger charge is -2.10. The zero-order valence-electron chi connectivity index (χ0n) is 12.0. The van der Waals surface area contributed by atoms with Crippen LogP contribution in [0, 0.1) is 18.3 Å². The number of aromatic nitrogens is 2. The highest BCUT2D eigenvalue weighted by atomic mass is 16.5. The summed E-state index contributed by atoms with van der Waals surface area (Å²) in [5, 5.41) is 22.1. The number of ether oxygens (including phenoxy) is 1. The van der Waals surface area contributed by atoms with Crippen LogP contribution in [0.25, 0.3) is 5.69 Å². The number of carboxylic acids is 1. The van der Waals surface area contributed by atoms with E-state index in [-0.39, 0.29) is 16.8 Å². The summed E-state index contributed by atoms with van der Waals surface area (Å²) in [4.78, 5) is 23.5. The van der Waals surface area contributed by atoms with E-state index in [1.807, 2.05) is 6.92 Å². The SMILES string of the molecule is CCOc1ccc(-n2nc(C(=O)O)c(C)c(C#N)c2=O)cc1. The number of carbonyl (C=O) groups is 1. The van der Waals surface area contributed by atoms with Crippen molar-refractivity contribution in [3.05, 3.63) is 51.4 Å². The van der Waals surface area contributed by atoms with Crippen molar-refractivity contribution < 1.29 is 14.6 Å². The smallest absolute Gasteiger partial charge is 0.356 e. The van der Waals surface area contributed by atoms with E-state index in [4.69, 9.17) is 15.1 Å². The molecule has 0 aliphatic rings. The first-order valence-electron chi connectivity index (χ1n) is 6.50. The third-order valence-corrected chi connectivity index (χ3v) is 3.04. The summed E-state index contributed by atoms with van der Waals surface area (Å²) >= 11 is 0. The number of benzene rings is 1. The van der Waals surface area contributed by atoms with Gasteiger partial charge in [0.2, 0.25) is 0 Å². The van der Waals surface area contributed by atoms with Crippen LogP contribution in [0.5, 0.6) is 5.75 Å². The second-order valence-electron chi connectivity index (χ2n) is 4.41. The highest BCUT2D eigenvalue weighted by molar-refractivity contribution is 5.87. The van der Waals surface area contributed by atoms with Gasteiger partial charge in [-0.05, 0) is 38.1 Å². The maximum absolute atomic E-state index is 12.3. The Balaban J connectivity index is 2.65. The highest BCUT2D eigenvalue weighted by Gasteiger charge is 2.19. The minimum absolute atomic E-state index is 0.0576. The van der Waals surface area contributed by atoms with Crippen molar-refractivity contribution in [2.24, 2.45) is 0 Å². The molecule has 1 heterocycles. The van der Waals surface area contributed by atoms with E-state index < -0.39 is 11.5 Å². The summed E-state index contributed by atoms with van der Waals surface area (Å²) in [6.45, 7) is 3.74. The third-order valence-electron chi connectivity index (χ3n) is 3.04. The maximum atomic E-state index is 12.3. The molecule has 0 aliphatic carbocycles. The lowest BCUT2D eigenvalue weighted by Crippen LogP contribution is -2.28. The Morgan fingerprint density at radius 1 is 1.41 bits per heavy atom. The van der Waals surface area contributed by atoms with Gasteiger partial charge in [-0.15, -0.1) is 0 Å². The van der Waals surface area contributed by atoms with Gasteiger partial charge in [-0.25, -0.2) is 4.79 Å². The molecule has 0 radical (unpaired) electrons. The van der Waals surface area contributed by atoms with E-state index in [1.165, 1.54) is 6.92 Å². The molecule has 1 N–H and O–H groups in total. The Labute approximate surface area is 126 Å². The fourth-order valence-corrected chi connectivity index (χ4v) is 1.97. The van der Waals surface area contributed by atoms with Crippen LogP contribution in [0.4, 0.5) is 0 Å². The van der Waals surface area contributed by atoms with Crippen molar-refractivity contribution in [2.75, 3.05) is 6.61 Å². The summed E-state index contributed by atoms with van der Waals surface area (Å²) in [5.41, 5.74) is -0.810. The average Bonchev–Trinajstić information content (AvgIpc) is 2.49. The van der Waals surface area contributed by atoms with Crippen LogP contribution < -0.4 is 10.3 Å². The van der Waals surface area contributed by atoms with Gasteiger partial charge < -0.3 is 9.84 Å². The molecule has 2 rings (SSSR count). The number of aromatic carboxylic acids is 1. The summed E-state index contributed by atoms with van der Waals surface area (Å²) in [6, 6.07) is 8.16. The molecule has 0 spiro atoms. The van der Waals surface area contributed by atoms with Crippen molar-refractivity contribution >= 4 is 5.97 Å². The normalized spacial score (nSPS) is 10.0. The Bertz CT molecular complexity index is 816. The van der Waals surface area contributed by atoms with E-state index in [0.717, 1.165) is 4.68 Å². The molecule has 1 aromatic heterocycles. The molecule has 2 aromatic rings. The van der Waals surface area contributed by atoms with Crippen LogP contribution in [0.15, 0.2) is 29.1 Å². The molecule has 22 heavy (non-hydrogen) atoms. The molecule has 7 heteroatoms. The summed E-state index contributed by atoms with van der Waals surface area (Å²) in [5.74, 6) is -0.681. The standard InChI is InChI=1S/C15H13N3O4/c1-3-22-11-6-4-10(5-7-11)18-14(19)12(8-16)9(2)13(17-18)15(20)21/h4-7H,3H2,1-2H3,(H,20,21). The molecule has 0 saturated carbocycles. The molecule has 0 atom stereocenters. The van der Waals surface area contributed by atoms with Gasteiger partial charge in [0.15, 0.2) is 5.69 Å². The molecule has 0 saturated heterocycles. The van der Waals surface area contributed by atoms with Gasteiger partial charge in [-0.3, -0.25) is 4.79 Å². The molecular weight excluding hydrogens is 286 g/mol. The lowest BCUT2D eigenvalue weighted by molar-refractivity contribution is 0.0687. The number of nitrogens with zero attached hydrogens (tertiary/aromatic N) is 3. The number of hydrogen-bond donors (Lipinski definition) is 1. The zero-order chi connectivity index (χ0) is 16.3. The number of hydrogen-bond acceptors (Lipinski definition) is 5. The third kappa shape index (κ3) is 2.67. The second kappa shape index (κ2) is 6.10. The molecule has 0 amide bonds. The molecule has 112 valence electrons. The Kier molecular flexibility index (Phi) is 4.23. The summed E-state index contributed by atoms with van der Waals surface area (Å²) in [7, 11) is 0. The highest BCUT2D eigenvalue weighted by Crippen LogP contribution is 2.15. The molecule has 7 nitrogen and oxygen atoms in total. The van der Waals surface area contributed by atoms with Gasteiger partial charge in [0.05, 0.1) is 12.3 Å². The van der Waals surface area contributed by atoms with Crippen LogP contribution in [-0.2, 0) is 0 Å². The minimum Gasteiger partial charge on any atom is -0.494 e. The monoisotopic (exact) mass is 299 g/mol. The van der Waals surface area contributed by atoms with E-state index in [2.05, 4.69) is 5.10 Å². The molecular formula is C15H13N3O4. The van der Waals surface area contributed by atoms with Gasteiger partial charge in [0.1, 0.15) is 17.4 Å². The van der Waals surface area contributed by atoms with Crippen LogP contribution in [0.2, 0.25) is 0 Å². The van der Waals surface area contributed by atoms with E-state index in [1.54, 1.807) is 30.3 Å². The van der Waals surface area contributed by atoms with Crippen LogP contribution in [0.1, 0.15) is 28.5 Å². The van der Waals surface area contributed by atoms with E-state index in [9.17, 15) is 9.59 Å². The maximum Gasteiger partial charge on any atom is 0.356 e. The topological polar surface area (TPSA) is 105 Å². The van der Waals surface area contributed by atoms with E-state index >= 15 is 0 Å². The van der Waals surface area contributed by atoms with Crippen molar-refractivity contribution in [1.29, 1.82) is 5.26 Å². The van der Waals surface area contributed by atoms with Crippen LogP contribution >= 0.6 is 0 Å². The van der Waals surface area contributed by atoms with Crippen molar-refractivity contribution in [1.82, 2.24) is 9.78 Å². The first-order chi connectivity index (χ1) is 10.5. The predicted molar refractivity (Wildman–Crippen MR) is 77.4 cm³/mol. The zero-order valence-corrected chi connectivity index (χ0v) is 12.0. The number of carboxylic acid groups (broad SMARTS) is 1. The Hall–Kier alpha value is -3.14. The largest absolute Gasteiger partial charge is 0.494 e. The first-order valence-corrected chi connectivity index (χ1v) is 6.50. The van der Waals surface area contributed by atoms with Crippen molar-refractivity contribution in [3.63, 3.8) is 0 Å². The predicted octanol–water partition coefficient (Wildman–Crippen LogP) is 1.51. The fraction of sp³-hybridized carbons (Fsp3) is 0.200. The summed E-state index contributed by atoms with van der Waals surface area (Å²) in [6.07, 6.45) is 0. The van der Waals surface area contributed by atoms with Crippen LogP contribution in [0.3, 0.4) is 0 Å². The summed E-state index contributed by atoms with van der Waals surface area (Å²) < 4.78 is 6.21. The molecule has 1 aromatic carbocycles. The molecule has 0 fully saturated rings. The van der Waals surface area contributed by atoms with E-state index in [0.29, 0.717) is 18.0 Å². The molecule has 0 bridgehead atoms. The number of rotatable bonds is 4. The first kappa shape index (κ1) is 15.3. The Morgan fingerprint density at radius 3 is 2.55 bits per heavy atom. The lowest BCUT2D eigenvalue weighted by atomic mass is 10.1.